The minimum Gasteiger partial charge on any atom is -0.271 e. The average molecular weight is 275 g/mol. The molecule has 0 aliphatic carbocycles. The monoisotopic (exact) mass is 275 g/mol. The molecular weight excluding hydrogens is 264 g/mol. The number of rotatable bonds is 3. The van der Waals surface area contributed by atoms with Crippen LogP contribution in [0.4, 0.5) is 8.78 Å². The summed E-state index contributed by atoms with van der Waals surface area (Å²) < 4.78 is 28.8. The number of halogens is 2. The number of nitrogens with one attached hydrogen (secondary N) is 1. The molecule has 1 atom stereocenters. The maximum Gasteiger partial charge on any atom is 0.128 e. The lowest BCUT2D eigenvalue weighted by atomic mass is 10.00. The van der Waals surface area contributed by atoms with E-state index < -0.39 is 17.7 Å². The molecule has 1 aromatic carbocycles. The molecule has 102 valence electrons. The van der Waals surface area contributed by atoms with Gasteiger partial charge in [-0.05, 0) is 18.2 Å². The standard InChI is InChI=1S/C13H11F2N5/c14-8-1-2-11(15)9(5-8)13(19-16)10-6-18-20-4-3-17-7-12(10)20/h1-7,13,19H,16H2. The second-order valence-electron chi connectivity index (χ2n) is 4.27. The molecule has 0 fully saturated rings. The molecule has 0 saturated heterocycles. The molecule has 0 aliphatic heterocycles. The van der Waals surface area contributed by atoms with E-state index in [2.05, 4.69) is 15.5 Å². The van der Waals surface area contributed by atoms with Gasteiger partial charge in [0.05, 0.1) is 24.0 Å². The Morgan fingerprint density at radius 3 is 2.85 bits per heavy atom. The number of hydrazine groups is 1. The molecule has 0 amide bonds. The molecule has 20 heavy (non-hydrogen) atoms. The lowest BCUT2D eigenvalue weighted by Crippen LogP contribution is -2.29. The highest BCUT2D eigenvalue weighted by atomic mass is 19.1. The SMILES string of the molecule is NNC(c1cc(F)ccc1F)c1cnn2ccncc12. The molecular formula is C13H11F2N5. The molecule has 0 saturated carbocycles. The van der Waals surface area contributed by atoms with Gasteiger partial charge in [0, 0.05) is 23.5 Å². The Morgan fingerprint density at radius 2 is 2.05 bits per heavy atom. The van der Waals surface area contributed by atoms with Crippen molar-refractivity contribution in [2.45, 2.75) is 6.04 Å². The highest BCUT2D eigenvalue weighted by molar-refractivity contribution is 5.55. The Morgan fingerprint density at radius 1 is 1.20 bits per heavy atom. The zero-order chi connectivity index (χ0) is 14.1. The van der Waals surface area contributed by atoms with Crippen molar-refractivity contribution in [2.24, 2.45) is 5.84 Å². The van der Waals surface area contributed by atoms with Crippen molar-refractivity contribution in [3.05, 3.63) is 65.7 Å². The van der Waals surface area contributed by atoms with E-state index in [4.69, 9.17) is 5.84 Å². The van der Waals surface area contributed by atoms with Crippen LogP contribution < -0.4 is 11.3 Å². The summed E-state index contributed by atoms with van der Waals surface area (Å²) in [6.45, 7) is 0. The molecule has 5 nitrogen and oxygen atoms in total. The third-order valence-corrected chi connectivity index (χ3v) is 3.10. The van der Waals surface area contributed by atoms with E-state index >= 15 is 0 Å². The van der Waals surface area contributed by atoms with Crippen LogP contribution in [-0.4, -0.2) is 14.6 Å². The fourth-order valence-corrected chi connectivity index (χ4v) is 2.16. The summed E-state index contributed by atoms with van der Waals surface area (Å²) >= 11 is 0. The van der Waals surface area contributed by atoms with E-state index in [0.717, 1.165) is 18.2 Å². The topological polar surface area (TPSA) is 68.2 Å². The minimum atomic E-state index is -0.715. The summed E-state index contributed by atoms with van der Waals surface area (Å²) in [6, 6.07) is 2.52. The molecule has 3 aromatic rings. The Hall–Kier alpha value is -2.38. The second-order valence-corrected chi connectivity index (χ2v) is 4.27. The highest BCUT2D eigenvalue weighted by Crippen LogP contribution is 2.27. The third kappa shape index (κ3) is 2.02. The van der Waals surface area contributed by atoms with Gasteiger partial charge >= 0.3 is 0 Å². The van der Waals surface area contributed by atoms with Gasteiger partial charge in [-0.2, -0.15) is 5.10 Å². The molecule has 0 radical (unpaired) electrons. The van der Waals surface area contributed by atoms with Gasteiger partial charge in [0.25, 0.3) is 0 Å². The summed E-state index contributed by atoms with van der Waals surface area (Å²) in [6.07, 6.45) is 6.38. The lowest BCUT2D eigenvalue weighted by molar-refractivity contribution is 0.547. The second kappa shape index (κ2) is 4.95. The van der Waals surface area contributed by atoms with Gasteiger partial charge in [-0.15, -0.1) is 0 Å². The first-order valence-electron chi connectivity index (χ1n) is 5.89. The number of hydrogen-bond donors (Lipinski definition) is 2. The smallest absolute Gasteiger partial charge is 0.128 e. The lowest BCUT2D eigenvalue weighted by Gasteiger charge is -2.16. The summed E-state index contributed by atoms with van der Waals surface area (Å²) in [5.74, 6) is 4.43. The Bertz CT molecular complexity index is 755. The number of hydrogen-bond acceptors (Lipinski definition) is 4. The average Bonchev–Trinajstić information content (AvgIpc) is 2.88. The van der Waals surface area contributed by atoms with Gasteiger partial charge in [-0.3, -0.25) is 10.8 Å². The zero-order valence-corrected chi connectivity index (χ0v) is 10.3. The summed E-state index contributed by atoms with van der Waals surface area (Å²) in [7, 11) is 0. The van der Waals surface area contributed by atoms with E-state index in [9.17, 15) is 8.78 Å². The number of nitrogens with zero attached hydrogens (tertiary/aromatic N) is 3. The first kappa shape index (κ1) is 12.6. The summed E-state index contributed by atoms with van der Waals surface area (Å²) in [5, 5.41) is 4.13. The Kier molecular flexibility index (Phi) is 3.13. The van der Waals surface area contributed by atoms with Gasteiger partial charge < -0.3 is 0 Å². The molecule has 0 spiro atoms. The molecule has 7 heteroatoms. The molecule has 2 aromatic heterocycles. The predicted molar refractivity (Wildman–Crippen MR) is 68.5 cm³/mol. The number of benzene rings is 1. The van der Waals surface area contributed by atoms with Gasteiger partial charge in [0.15, 0.2) is 0 Å². The van der Waals surface area contributed by atoms with Crippen LogP contribution in [0.5, 0.6) is 0 Å². The minimum absolute atomic E-state index is 0.117. The van der Waals surface area contributed by atoms with Crippen LogP contribution in [-0.2, 0) is 0 Å². The largest absolute Gasteiger partial charge is 0.271 e. The van der Waals surface area contributed by atoms with Gasteiger partial charge in [-0.1, -0.05) is 0 Å². The molecule has 3 N–H and O–H groups in total. The molecule has 1 unspecified atom stereocenters. The van der Waals surface area contributed by atoms with Crippen molar-refractivity contribution in [2.75, 3.05) is 0 Å². The molecule has 0 aliphatic rings. The van der Waals surface area contributed by atoms with E-state index in [1.807, 2.05) is 0 Å². The Balaban J connectivity index is 2.16. The first-order valence-corrected chi connectivity index (χ1v) is 5.89. The van der Waals surface area contributed by atoms with Gasteiger partial charge in [0.2, 0.25) is 0 Å². The Labute approximate surface area is 113 Å². The fourth-order valence-electron chi connectivity index (χ4n) is 2.16. The third-order valence-electron chi connectivity index (χ3n) is 3.10. The highest BCUT2D eigenvalue weighted by Gasteiger charge is 2.21. The van der Waals surface area contributed by atoms with E-state index in [1.165, 1.54) is 0 Å². The van der Waals surface area contributed by atoms with Crippen molar-refractivity contribution in [3.8, 4) is 0 Å². The zero-order valence-electron chi connectivity index (χ0n) is 10.3. The van der Waals surface area contributed by atoms with Crippen molar-refractivity contribution < 1.29 is 8.78 Å². The molecule has 3 rings (SSSR count). The fraction of sp³-hybridized carbons (Fsp3) is 0.0769. The van der Waals surface area contributed by atoms with Crippen LogP contribution in [0.3, 0.4) is 0 Å². The van der Waals surface area contributed by atoms with Crippen LogP contribution in [0.2, 0.25) is 0 Å². The van der Waals surface area contributed by atoms with Crippen LogP contribution in [0, 0.1) is 11.6 Å². The number of fused-ring (bicyclic) bond motifs is 1. The number of aromatic nitrogens is 3. The van der Waals surface area contributed by atoms with Crippen molar-refractivity contribution in [3.63, 3.8) is 0 Å². The molecule has 0 bridgehead atoms. The van der Waals surface area contributed by atoms with Crippen LogP contribution in [0.1, 0.15) is 17.2 Å². The van der Waals surface area contributed by atoms with E-state index in [-0.39, 0.29) is 5.56 Å². The predicted octanol–water partition coefficient (Wildman–Crippen LogP) is 1.56. The van der Waals surface area contributed by atoms with E-state index in [1.54, 1.807) is 29.3 Å². The normalized spacial score (nSPS) is 12.8. The van der Waals surface area contributed by atoms with Crippen molar-refractivity contribution in [1.82, 2.24) is 20.0 Å². The van der Waals surface area contributed by atoms with E-state index in [0.29, 0.717) is 11.1 Å². The molecule has 2 heterocycles. The van der Waals surface area contributed by atoms with Crippen molar-refractivity contribution in [1.29, 1.82) is 0 Å². The maximum absolute atomic E-state index is 13.9. The van der Waals surface area contributed by atoms with Crippen LogP contribution >= 0.6 is 0 Å². The van der Waals surface area contributed by atoms with Crippen molar-refractivity contribution >= 4 is 5.52 Å². The quantitative estimate of drug-likeness (QED) is 0.562. The summed E-state index contributed by atoms with van der Waals surface area (Å²) in [5.41, 5.74) is 3.89. The van der Waals surface area contributed by atoms with Gasteiger partial charge in [0.1, 0.15) is 11.6 Å². The first-order chi connectivity index (χ1) is 9.70. The summed E-state index contributed by atoms with van der Waals surface area (Å²) in [4.78, 5) is 4.00. The number of nitrogens with two attached hydrogens (primary N) is 1. The van der Waals surface area contributed by atoms with Crippen LogP contribution in [0.25, 0.3) is 5.52 Å². The van der Waals surface area contributed by atoms with Crippen LogP contribution in [0.15, 0.2) is 43.0 Å². The van der Waals surface area contributed by atoms with Gasteiger partial charge in [-0.25, -0.2) is 18.7 Å². The maximum atomic E-state index is 13.9.